The van der Waals surface area contributed by atoms with Crippen molar-refractivity contribution in [2.24, 2.45) is 10.4 Å². The Bertz CT molecular complexity index is 702. The van der Waals surface area contributed by atoms with Gasteiger partial charge in [-0.1, -0.05) is 24.6 Å². The van der Waals surface area contributed by atoms with Crippen molar-refractivity contribution >= 4 is 5.96 Å². The highest BCUT2D eigenvalue weighted by Crippen LogP contribution is 2.43. The van der Waals surface area contributed by atoms with E-state index < -0.39 is 0 Å². The molecule has 2 heterocycles. The van der Waals surface area contributed by atoms with Crippen LogP contribution < -0.4 is 10.6 Å². The average molecular weight is 356 g/mol. The van der Waals surface area contributed by atoms with Crippen molar-refractivity contribution in [2.75, 3.05) is 19.6 Å². The van der Waals surface area contributed by atoms with Crippen molar-refractivity contribution in [2.45, 2.75) is 46.0 Å². The van der Waals surface area contributed by atoms with Crippen LogP contribution in [0, 0.1) is 5.41 Å². The average Bonchev–Trinajstić information content (AvgIpc) is 3.11. The van der Waals surface area contributed by atoms with E-state index in [1.165, 1.54) is 25.7 Å². The summed E-state index contributed by atoms with van der Waals surface area (Å²) in [7, 11) is 0. The number of aromatic nitrogens is 3. The van der Waals surface area contributed by atoms with Crippen LogP contribution in [-0.4, -0.2) is 40.7 Å². The maximum atomic E-state index is 5.29. The molecule has 3 rings (SSSR count). The van der Waals surface area contributed by atoms with E-state index >= 15 is 0 Å². The van der Waals surface area contributed by atoms with E-state index in [4.69, 9.17) is 9.52 Å². The highest BCUT2D eigenvalue weighted by atomic mass is 16.5. The third kappa shape index (κ3) is 4.59. The Morgan fingerprint density at radius 2 is 2.15 bits per heavy atom. The van der Waals surface area contributed by atoms with Crippen molar-refractivity contribution in [3.05, 3.63) is 30.2 Å². The summed E-state index contributed by atoms with van der Waals surface area (Å²) < 4.78 is 5.29. The first-order valence-electron chi connectivity index (χ1n) is 9.51. The molecule has 0 amide bonds. The molecule has 7 nitrogen and oxygen atoms in total. The van der Waals surface area contributed by atoms with Gasteiger partial charge in [-0.05, 0) is 43.7 Å². The van der Waals surface area contributed by atoms with Gasteiger partial charge >= 0.3 is 0 Å². The maximum absolute atomic E-state index is 5.29. The zero-order chi connectivity index (χ0) is 18.2. The molecule has 2 N–H and O–H groups in total. The molecule has 0 aliphatic heterocycles. The number of aliphatic imine (C=N–C) groups is 1. The molecule has 1 aliphatic carbocycles. The normalized spacial score (nSPS) is 16.2. The molecule has 0 spiro atoms. The van der Waals surface area contributed by atoms with Crippen molar-refractivity contribution in [1.29, 1.82) is 0 Å². The molecule has 0 unspecified atom stereocenters. The first-order chi connectivity index (χ1) is 12.7. The van der Waals surface area contributed by atoms with Gasteiger partial charge in [-0.3, -0.25) is 9.98 Å². The Kier molecular flexibility index (Phi) is 6.20. The Balaban J connectivity index is 1.51. The SMILES string of the molecule is CCNC(=NCC1(CC)CCC1)NCCc1noc(-c2ccccn2)n1. The van der Waals surface area contributed by atoms with Crippen LogP contribution in [0.25, 0.3) is 11.6 Å². The fraction of sp³-hybridized carbons (Fsp3) is 0.579. The van der Waals surface area contributed by atoms with Gasteiger partial charge in [-0.2, -0.15) is 4.98 Å². The molecule has 0 radical (unpaired) electrons. The monoisotopic (exact) mass is 356 g/mol. The quantitative estimate of drug-likeness (QED) is 0.558. The van der Waals surface area contributed by atoms with Crippen molar-refractivity contribution < 1.29 is 4.52 Å². The summed E-state index contributed by atoms with van der Waals surface area (Å²) in [6, 6.07) is 5.62. The van der Waals surface area contributed by atoms with Crippen LogP contribution in [0.4, 0.5) is 0 Å². The van der Waals surface area contributed by atoms with E-state index in [9.17, 15) is 0 Å². The molecule has 0 atom stereocenters. The number of nitrogens with zero attached hydrogens (tertiary/aromatic N) is 4. The van der Waals surface area contributed by atoms with Crippen LogP contribution in [0.1, 0.15) is 45.4 Å². The summed E-state index contributed by atoms with van der Waals surface area (Å²) in [6.07, 6.45) is 7.51. The number of guanidine groups is 1. The molecule has 2 aromatic heterocycles. The Hall–Kier alpha value is -2.44. The van der Waals surface area contributed by atoms with Crippen LogP contribution in [0.2, 0.25) is 0 Å². The van der Waals surface area contributed by atoms with E-state index in [-0.39, 0.29) is 0 Å². The van der Waals surface area contributed by atoms with Gasteiger partial charge in [0, 0.05) is 32.3 Å². The molecule has 0 saturated heterocycles. The zero-order valence-corrected chi connectivity index (χ0v) is 15.7. The summed E-state index contributed by atoms with van der Waals surface area (Å²) in [4.78, 5) is 13.4. The lowest BCUT2D eigenvalue weighted by atomic mass is 9.67. The number of rotatable bonds is 8. The fourth-order valence-electron chi connectivity index (χ4n) is 3.13. The lowest BCUT2D eigenvalue weighted by Gasteiger charge is -2.40. The van der Waals surface area contributed by atoms with Gasteiger partial charge in [-0.25, -0.2) is 0 Å². The second-order valence-corrected chi connectivity index (χ2v) is 6.81. The van der Waals surface area contributed by atoms with E-state index in [1.807, 2.05) is 18.2 Å². The summed E-state index contributed by atoms with van der Waals surface area (Å²) in [5.41, 5.74) is 1.12. The van der Waals surface area contributed by atoms with Gasteiger partial charge in [0.2, 0.25) is 0 Å². The van der Waals surface area contributed by atoms with Gasteiger partial charge in [0.25, 0.3) is 5.89 Å². The molecule has 1 aliphatic rings. The first-order valence-corrected chi connectivity index (χ1v) is 9.51. The number of hydrogen-bond acceptors (Lipinski definition) is 5. The minimum absolute atomic E-state index is 0.424. The molecule has 26 heavy (non-hydrogen) atoms. The van der Waals surface area contributed by atoms with E-state index in [0.717, 1.165) is 19.0 Å². The van der Waals surface area contributed by atoms with Crippen molar-refractivity contribution in [1.82, 2.24) is 25.8 Å². The highest BCUT2D eigenvalue weighted by Gasteiger charge is 2.34. The Morgan fingerprint density at radius 3 is 2.81 bits per heavy atom. The van der Waals surface area contributed by atoms with Crippen LogP contribution in [-0.2, 0) is 6.42 Å². The number of nitrogens with one attached hydrogen (secondary N) is 2. The largest absolute Gasteiger partial charge is 0.357 e. The first kappa shape index (κ1) is 18.4. The predicted molar refractivity (Wildman–Crippen MR) is 102 cm³/mol. The standard InChI is InChI=1S/C19H28N6O/c1-3-19(10-7-11-19)14-23-18(20-4-2)22-13-9-16-24-17(26-25-16)15-8-5-6-12-21-15/h5-6,8,12H,3-4,7,9-11,13-14H2,1-2H3,(H2,20,22,23). The number of pyridine rings is 1. The number of hydrogen-bond donors (Lipinski definition) is 2. The van der Waals surface area contributed by atoms with E-state index in [0.29, 0.717) is 35.8 Å². The molecule has 1 fully saturated rings. The lowest BCUT2D eigenvalue weighted by molar-refractivity contribution is 0.139. The topological polar surface area (TPSA) is 88.2 Å². The van der Waals surface area contributed by atoms with E-state index in [2.05, 4.69) is 39.6 Å². The Morgan fingerprint density at radius 1 is 1.27 bits per heavy atom. The van der Waals surface area contributed by atoms with Crippen molar-refractivity contribution in [3.8, 4) is 11.6 Å². The van der Waals surface area contributed by atoms with Crippen LogP contribution in [0.5, 0.6) is 0 Å². The highest BCUT2D eigenvalue weighted by molar-refractivity contribution is 5.79. The smallest absolute Gasteiger partial charge is 0.276 e. The summed E-state index contributed by atoms with van der Waals surface area (Å²) >= 11 is 0. The maximum Gasteiger partial charge on any atom is 0.276 e. The summed E-state index contributed by atoms with van der Waals surface area (Å²) in [5.74, 6) is 1.98. The van der Waals surface area contributed by atoms with Gasteiger partial charge in [0.1, 0.15) is 5.69 Å². The molecular formula is C19H28N6O. The summed E-state index contributed by atoms with van der Waals surface area (Å²) in [5, 5.41) is 10.7. The molecule has 0 aromatic carbocycles. The second-order valence-electron chi connectivity index (χ2n) is 6.81. The minimum atomic E-state index is 0.424. The molecule has 2 aromatic rings. The van der Waals surface area contributed by atoms with Gasteiger partial charge in [0.05, 0.1) is 0 Å². The lowest BCUT2D eigenvalue weighted by Crippen LogP contribution is -2.40. The van der Waals surface area contributed by atoms with E-state index in [1.54, 1.807) is 6.20 Å². The molecular weight excluding hydrogens is 328 g/mol. The van der Waals surface area contributed by atoms with Gasteiger partial charge in [-0.15, -0.1) is 0 Å². The van der Waals surface area contributed by atoms with Crippen LogP contribution in [0.3, 0.4) is 0 Å². The van der Waals surface area contributed by atoms with Gasteiger partial charge in [0.15, 0.2) is 11.8 Å². The molecule has 1 saturated carbocycles. The Labute approximate surface area is 154 Å². The van der Waals surface area contributed by atoms with Crippen LogP contribution in [0.15, 0.2) is 33.9 Å². The fourth-order valence-corrected chi connectivity index (χ4v) is 3.13. The van der Waals surface area contributed by atoms with Crippen LogP contribution >= 0.6 is 0 Å². The summed E-state index contributed by atoms with van der Waals surface area (Å²) in [6.45, 7) is 6.78. The second kappa shape index (κ2) is 8.78. The zero-order valence-electron chi connectivity index (χ0n) is 15.7. The molecule has 140 valence electrons. The third-order valence-electron chi connectivity index (χ3n) is 5.07. The third-order valence-corrected chi connectivity index (χ3v) is 5.07. The predicted octanol–water partition coefficient (Wildman–Crippen LogP) is 2.81. The van der Waals surface area contributed by atoms with Crippen molar-refractivity contribution in [3.63, 3.8) is 0 Å². The minimum Gasteiger partial charge on any atom is -0.357 e. The molecule has 0 bridgehead atoms. The van der Waals surface area contributed by atoms with Gasteiger partial charge < -0.3 is 15.2 Å². The molecule has 7 heteroatoms.